The maximum absolute atomic E-state index is 12.5. The molecule has 8 nitrogen and oxygen atoms in total. The van der Waals surface area contributed by atoms with Crippen LogP contribution in [0.3, 0.4) is 0 Å². The van der Waals surface area contributed by atoms with Gasteiger partial charge in [-0.2, -0.15) is 0 Å². The Labute approximate surface area is 205 Å². The van der Waals surface area contributed by atoms with E-state index in [1.165, 1.54) is 6.20 Å². The molecule has 0 radical (unpaired) electrons. The zero-order valence-electron chi connectivity index (χ0n) is 19.5. The van der Waals surface area contributed by atoms with Crippen LogP contribution < -0.4 is 16.0 Å². The number of allylic oxidation sites excluding steroid dienone is 2. The molecule has 0 bridgehead atoms. The zero-order chi connectivity index (χ0) is 25.0. The predicted octanol–water partition coefficient (Wildman–Crippen LogP) is 2.33. The molecular formula is C27H31N3O5. The molecular weight excluding hydrogens is 446 g/mol. The van der Waals surface area contributed by atoms with Gasteiger partial charge in [0, 0.05) is 18.2 Å². The van der Waals surface area contributed by atoms with Crippen LogP contribution in [-0.2, 0) is 19.1 Å². The van der Waals surface area contributed by atoms with Crippen LogP contribution in [0.5, 0.6) is 0 Å². The summed E-state index contributed by atoms with van der Waals surface area (Å²) in [6, 6.07) is 18.9. The Morgan fingerprint density at radius 1 is 1.06 bits per heavy atom. The maximum Gasteiger partial charge on any atom is 0.308 e. The first-order valence-electron chi connectivity index (χ1n) is 11.6. The highest BCUT2D eigenvalue weighted by atomic mass is 16.5. The van der Waals surface area contributed by atoms with Gasteiger partial charge in [-0.25, -0.2) is 0 Å². The van der Waals surface area contributed by atoms with Crippen LogP contribution in [0.15, 0.2) is 85.2 Å². The van der Waals surface area contributed by atoms with Gasteiger partial charge in [-0.15, -0.1) is 0 Å². The van der Waals surface area contributed by atoms with Crippen molar-refractivity contribution in [3.8, 4) is 0 Å². The summed E-state index contributed by atoms with van der Waals surface area (Å²) in [5, 5.41) is 18.5. The smallest absolute Gasteiger partial charge is 0.308 e. The number of ether oxygens (including phenoxy) is 1. The minimum absolute atomic E-state index is 0.0326. The molecule has 2 atom stereocenters. The summed E-state index contributed by atoms with van der Waals surface area (Å²) >= 11 is 0. The molecule has 2 amide bonds. The third-order valence-electron chi connectivity index (χ3n) is 5.65. The SMILES string of the molecule is C=CNCC(=O)NC1=CCC(C(O)C(=O)NCCC(=O)OC(c2ccccc2)c2ccccc2)C1. The first-order valence-corrected chi connectivity index (χ1v) is 11.6. The Morgan fingerprint density at radius 2 is 1.69 bits per heavy atom. The maximum atomic E-state index is 12.5. The molecule has 2 aromatic carbocycles. The normalized spacial score (nSPS) is 15.6. The number of esters is 1. The molecule has 184 valence electrons. The fourth-order valence-corrected chi connectivity index (χ4v) is 3.85. The van der Waals surface area contributed by atoms with E-state index in [0.717, 1.165) is 11.1 Å². The summed E-state index contributed by atoms with van der Waals surface area (Å²) in [6.07, 6.45) is 2.25. The number of carbonyl (C=O) groups excluding carboxylic acids is 3. The van der Waals surface area contributed by atoms with E-state index < -0.39 is 24.1 Å². The Hall–Kier alpha value is -3.91. The van der Waals surface area contributed by atoms with Crippen molar-refractivity contribution in [2.24, 2.45) is 5.92 Å². The van der Waals surface area contributed by atoms with Crippen LogP contribution in [-0.4, -0.2) is 42.1 Å². The second-order valence-corrected chi connectivity index (χ2v) is 8.24. The first kappa shape index (κ1) is 25.7. The number of amides is 2. The van der Waals surface area contributed by atoms with Gasteiger partial charge < -0.3 is 25.8 Å². The van der Waals surface area contributed by atoms with Crippen LogP contribution >= 0.6 is 0 Å². The molecule has 3 rings (SSSR count). The van der Waals surface area contributed by atoms with E-state index in [0.29, 0.717) is 18.5 Å². The lowest BCUT2D eigenvalue weighted by Gasteiger charge is -2.20. The first-order chi connectivity index (χ1) is 17.0. The molecule has 0 aliphatic heterocycles. The number of carbonyl (C=O) groups is 3. The lowest BCUT2D eigenvalue weighted by atomic mass is 9.99. The summed E-state index contributed by atoms with van der Waals surface area (Å²) in [6.45, 7) is 3.62. The van der Waals surface area contributed by atoms with Crippen molar-refractivity contribution >= 4 is 17.8 Å². The molecule has 2 unspecified atom stereocenters. The number of hydrogen-bond acceptors (Lipinski definition) is 6. The summed E-state index contributed by atoms with van der Waals surface area (Å²) in [5.41, 5.74) is 2.38. The molecule has 0 heterocycles. The standard InChI is InChI=1S/C27H31N3O5/c1-2-28-18-23(31)30-22-14-13-21(17-22)25(33)27(34)29-16-15-24(32)35-26(19-9-5-3-6-10-19)20-11-7-4-8-12-20/h2-12,14,21,25-26,28,33H,1,13,15-18H2,(H,29,34)(H,30,31). The molecule has 8 heteroatoms. The largest absolute Gasteiger partial charge is 0.452 e. The third-order valence-corrected chi connectivity index (χ3v) is 5.65. The van der Waals surface area contributed by atoms with Crippen LogP contribution in [0.2, 0.25) is 0 Å². The third kappa shape index (κ3) is 7.82. The van der Waals surface area contributed by atoms with E-state index in [2.05, 4.69) is 22.5 Å². The van der Waals surface area contributed by atoms with Gasteiger partial charge in [0.1, 0.15) is 6.10 Å². The summed E-state index contributed by atoms with van der Waals surface area (Å²) in [5.74, 6) is -1.58. The van der Waals surface area contributed by atoms with E-state index in [4.69, 9.17) is 4.74 Å². The average molecular weight is 478 g/mol. The summed E-state index contributed by atoms with van der Waals surface area (Å²) in [4.78, 5) is 36.7. The zero-order valence-corrected chi connectivity index (χ0v) is 19.5. The van der Waals surface area contributed by atoms with Gasteiger partial charge >= 0.3 is 5.97 Å². The highest BCUT2D eigenvalue weighted by Gasteiger charge is 2.30. The lowest BCUT2D eigenvalue weighted by molar-refractivity contribution is -0.147. The van der Waals surface area contributed by atoms with Crippen LogP contribution in [0.25, 0.3) is 0 Å². The topological polar surface area (TPSA) is 117 Å². The van der Waals surface area contributed by atoms with Gasteiger partial charge in [-0.1, -0.05) is 73.3 Å². The average Bonchev–Trinajstić information content (AvgIpc) is 3.34. The van der Waals surface area contributed by atoms with E-state index in [-0.39, 0.29) is 31.3 Å². The number of aliphatic hydroxyl groups excluding tert-OH is 1. The Balaban J connectivity index is 1.44. The minimum atomic E-state index is -1.25. The highest BCUT2D eigenvalue weighted by Crippen LogP contribution is 2.27. The minimum Gasteiger partial charge on any atom is -0.452 e. The van der Waals surface area contributed by atoms with Crippen molar-refractivity contribution in [2.75, 3.05) is 13.1 Å². The lowest BCUT2D eigenvalue weighted by Crippen LogP contribution is -2.40. The highest BCUT2D eigenvalue weighted by molar-refractivity contribution is 5.82. The fraction of sp³-hybridized carbons (Fsp3) is 0.296. The van der Waals surface area contributed by atoms with Gasteiger partial charge in [0.2, 0.25) is 11.8 Å². The Bertz CT molecular complexity index is 1000. The Morgan fingerprint density at radius 3 is 2.29 bits per heavy atom. The van der Waals surface area contributed by atoms with Gasteiger partial charge in [0.25, 0.3) is 0 Å². The van der Waals surface area contributed by atoms with Crippen LogP contribution in [0, 0.1) is 5.92 Å². The van der Waals surface area contributed by atoms with E-state index in [9.17, 15) is 19.5 Å². The van der Waals surface area contributed by atoms with Crippen molar-refractivity contribution in [3.05, 3.63) is 96.3 Å². The van der Waals surface area contributed by atoms with Crippen molar-refractivity contribution < 1.29 is 24.2 Å². The van der Waals surface area contributed by atoms with Crippen molar-refractivity contribution in [1.29, 1.82) is 0 Å². The van der Waals surface area contributed by atoms with Crippen LogP contribution in [0.1, 0.15) is 36.5 Å². The molecule has 0 saturated heterocycles. The molecule has 4 N–H and O–H groups in total. The monoisotopic (exact) mass is 477 g/mol. The molecule has 0 saturated carbocycles. The number of aliphatic hydroxyl groups is 1. The van der Waals surface area contributed by atoms with E-state index >= 15 is 0 Å². The molecule has 2 aromatic rings. The van der Waals surface area contributed by atoms with Gasteiger partial charge in [-0.3, -0.25) is 14.4 Å². The second-order valence-electron chi connectivity index (χ2n) is 8.24. The number of benzene rings is 2. The van der Waals surface area contributed by atoms with Gasteiger partial charge in [0.15, 0.2) is 6.10 Å². The fourth-order valence-electron chi connectivity index (χ4n) is 3.85. The second kappa shape index (κ2) is 13.1. The van der Waals surface area contributed by atoms with Gasteiger partial charge in [0.05, 0.1) is 13.0 Å². The van der Waals surface area contributed by atoms with Crippen molar-refractivity contribution in [1.82, 2.24) is 16.0 Å². The molecule has 1 aliphatic carbocycles. The molecule has 0 spiro atoms. The van der Waals surface area contributed by atoms with E-state index in [1.807, 2.05) is 60.7 Å². The summed E-state index contributed by atoms with van der Waals surface area (Å²) < 4.78 is 5.73. The quantitative estimate of drug-likeness (QED) is 0.349. The van der Waals surface area contributed by atoms with E-state index in [1.54, 1.807) is 6.08 Å². The molecule has 0 aromatic heterocycles. The number of hydrogen-bond donors (Lipinski definition) is 4. The van der Waals surface area contributed by atoms with Gasteiger partial charge in [-0.05, 0) is 30.2 Å². The van der Waals surface area contributed by atoms with Crippen molar-refractivity contribution in [3.63, 3.8) is 0 Å². The van der Waals surface area contributed by atoms with Crippen LogP contribution in [0.4, 0.5) is 0 Å². The van der Waals surface area contributed by atoms with Crippen molar-refractivity contribution in [2.45, 2.75) is 31.5 Å². The Kier molecular flexibility index (Phi) is 9.62. The molecule has 0 fully saturated rings. The molecule has 1 aliphatic rings. The number of nitrogens with one attached hydrogen (secondary N) is 3. The molecule has 35 heavy (non-hydrogen) atoms. The summed E-state index contributed by atoms with van der Waals surface area (Å²) in [7, 11) is 0. The predicted molar refractivity (Wildman–Crippen MR) is 132 cm³/mol. The number of rotatable bonds is 12.